The van der Waals surface area contributed by atoms with Gasteiger partial charge in [-0.3, -0.25) is 4.98 Å². The number of carbonyl (C=O) groups is 1. The van der Waals surface area contributed by atoms with Crippen molar-refractivity contribution in [3.8, 4) is 11.5 Å². The number of nitrogens with zero attached hydrogens (tertiary/aromatic N) is 1. The van der Waals surface area contributed by atoms with Crippen molar-refractivity contribution in [3.05, 3.63) is 118 Å². The van der Waals surface area contributed by atoms with E-state index in [1.807, 2.05) is 18.2 Å². The van der Waals surface area contributed by atoms with Gasteiger partial charge in [0.15, 0.2) is 0 Å². The fraction of sp³-hybridized carbons (Fsp3) is 0.167. The van der Waals surface area contributed by atoms with Gasteiger partial charge in [0.25, 0.3) is 0 Å². The molecule has 3 aromatic carbocycles. The molecule has 1 unspecified atom stereocenters. The van der Waals surface area contributed by atoms with Crippen molar-refractivity contribution >= 4 is 33.4 Å². The number of anilines is 1. The second kappa shape index (κ2) is 13.0. The van der Waals surface area contributed by atoms with E-state index < -0.39 is 17.9 Å². The van der Waals surface area contributed by atoms with E-state index in [9.17, 15) is 14.3 Å². The Bertz CT molecular complexity index is 1470. The van der Waals surface area contributed by atoms with Crippen LogP contribution in [0.1, 0.15) is 34.7 Å². The van der Waals surface area contributed by atoms with Crippen LogP contribution < -0.4 is 15.4 Å². The molecule has 200 valence electrons. The summed E-state index contributed by atoms with van der Waals surface area (Å²) in [5, 5.41) is 24.6. The van der Waals surface area contributed by atoms with Crippen LogP contribution in [0.2, 0.25) is 0 Å². The molecule has 0 radical (unpaired) electrons. The molecule has 39 heavy (non-hydrogen) atoms. The number of pyridine rings is 1. The first-order valence-electron chi connectivity index (χ1n) is 12.3. The zero-order chi connectivity index (χ0) is 27.8. The van der Waals surface area contributed by atoms with Crippen LogP contribution in [0.5, 0.6) is 11.5 Å². The van der Waals surface area contributed by atoms with Crippen LogP contribution in [-0.2, 0) is 12.8 Å². The van der Waals surface area contributed by atoms with Gasteiger partial charge in [0.1, 0.15) is 17.3 Å². The molecule has 1 heterocycles. The van der Waals surface area contributed by atoms with Crippen LogP contribution in [-0.4, -0.2) is 28.9 Å². The first-order chi connectivity index (χ1) is 18.9. The molecule has 7 nitrogen and oxygen atoms in total. The minimum atomic E-state index is -0.721. The number of aromatic nitrogens is 1. The molecular formula is C30H28BrFN4O3. The maximum atomic E-state index is 14.9. The lowest BCUT2D eigenvalue weighted by Crippen LogP contribution is -2.34. The van der Waals surface area contributed by atoms with Crippen molar-refractivity contribution in [2.45, 2.75) is 25.3 Å². The van der Waals surface area contributed by atoms with Crippen LogP contribution in [0, 0.1) is 11.2 Å². The topological polar surface area (TPSA) is 107 Å². The molecular weight excluding hydrogens is 563 g/mol. The van der Waals surface area contributed by atoms with Gasteiger partial charge >= 0.3 is 6.03 Å². The van der Waals surface area contributed by atoms with Gasteiger partial charge in [0.2, 0.25) is 0 Å². The number of hydrogen-bond donors (Lipinski definition) is 4. The van der Waals surface area contributed by atoms with E-state index in [1.165, 1.54) is 18.2 Å². The largest absolute Gasteiger partial charge is 0.508 e. The van der Waals surface area contributed by atoms with E-state index in [1.54, 1.807) is 55.9 Å². The molecule has 0 spiro atoms. The Hall–Kier alpha value is -4.24. The average Bonchev–Trinajstić information content (AvgIpc) is 2.93. The summed E-state index contributed by atoms with van der Waals surface area (Å²) in [7, 11) is 1.59. The van der Waals surface area contributed by atoms with Crippen LogP contribution >= 0.6 is 15.9 Å². The first-order valence-corrected chi connectivity index (χ1v) is 13.1. The van der Waals surface area contributed by atoms with Crippen molar-refractivity contribution in [1.82, 2.24) is 10.3 Å². The highest BCUT2D eigenvalue weighted by Crippen LogP contribution is 2.29. The van der Waals surface area contributed by atoms with E-state index in [0.717, 1.165) is 10.0 Å². The highest BCUT2D eigenvalue weighted by Gasteiger charge is 2.21. The van der Waals surface area contributed by atoms with E-state index in [4.69, 9.17) is 10.1 Å². The van der Waals surface area contributed by atoms with Crippen LogP contribution in [0.25, 0.3) is 0 Å². The van der Waals surface area contributed by atoms with Crippen molar-refractivity contribution < 1.29 is 19.0 Å². The summed E-state index contributed by atoms with van der Waals surface area (Å²) in [5.41, 5.74) is 2.90. The van der Waals surface area contributed by atoms with Gasteiger partial charge in [-0.2, -0.15) is 0 Å². The number of phenolic OH excluding ortho intramolecular Hbond substituents is 1. The average molecular weight is 591 g/mol. The van der Waals surface area contributed by atoms with Crippen molar-refractivity contribution in [1.29, 1.82) is 5.41 Å². The second-order valence-corrected chi connectivity index (χ2v) is 9.77. The van der Waals surface area contributed by atoms with Crippen LogP contribution in [0.3, 0.4) is 0 Å². The number of nitrogens with one attached hydrogen (secondary N) is 3. The summed E-state index contributed by atoms with van der Waals surface area (Å²) in [5.74, 6) is 0.261. The molecule has 1 aromatic heterocycles. The highest BCUT2D eigenvalue weighted by atomic mass is 79.9. The van der Waals surface area contributed by atoms with E-state index in [-0.39, 0.29) is 17.9 Å². The smallest absolute Gasteiger partial charge is 0.319 e. The number of carbonyl (C=O) groups excluding carboxylic acids is 1. The Kier molecular flexibility index (Phi) is 9.27. The number of ether oxygens (including phenoxy) is 1. The number of hydrogen-bond acceptors (Lipinski definition) is 5. The molecule has 9 heteroatoms. The summed E-state index contributed by atoms with van der Waals surface area (Å²) >= 11 is 3.46. The fourth-order valence-electron chi connectivity index (χ4n) is 4.33. The van der Waals surface area contributed by atoms with Crippen molar-refractivity contribution in [2.75, 3.05) is 12.4 Å². The van der Waals surface area contributed by atoms with E-state index in [0.29, 0.717) is 41.0 Å². The molecule has 1 atom stereocenters. The normalized spacial score (nSPS) is 11.5. The molecule has 0 bridgehead atoms. The molecule has 0 fully saturated rings. The minimum Gasteiger partial charge on any atom is -0.508 e. The number of phenols is 1. The van der Waals surface area contributed by atoms with Gasteiger partial charge in [-0.25, -0.2) is 9.18 Å². The predicted octanol–water partition coefficient (Wildman–Crippen LogP) is 6.80. The Balaban J connectivity index is 1.53. The second-order valence-electron chi connectivity index (χ2n) is 8.86. The van der Waals surface area contributed by atoms with Gasteiger partial charge in [-0.15, -0.1) is 0 Å². The minimum absolute atomic E-state index is 0.00352. The fourth-order valence-corrected chi connectivity index (χ4v) is 4.74. The number of aromatic hydroxyl groups is 1. The molecule has 0 saturated heterocycles. The third-order valence-electron chi connectivity index (χ3n) is 6.29. The number of aryl methyl sites for hydroxylation is 1. The van der Waals surface area contributed by atoms with Crippen molar-refractivity contribution in [2.24, 2.45) is 0 Å². The maximum absolute atomic E-state index is 14.9. The highest BCUT2D eigenvalue weighted by molar-refractivity contribution is 9.10. The molecule has 4 rings (SSSR count). The van der Waals surface area contributed by atoms with Gasteiger partial charge in [0, 0.05) is 51.4 Å². The summed E-state index contributed by atoms with van der Waals surface area (Å²) in [4.78, 5) is 17.2. The molecule has 2 amide bonds. The number of methoxy groups -OCH3 is 1. The number of urea groups is 1. The van der Waals surface area contributed by atoms with E-state index in [2.05, 4.69) is 31.5 Å². The number of rotatable bonds is 10. The third kappa shape index (κ3) is 7.20. The predicted molar refractivity (Wildman–Crippen MR) is 153 cm³/mol. The SMILES string of the molecule is COc1ccc(Br)cc1CCc1c(F)cccc1NC(=O)NC(CC(=N)c1cccnc1)c1ccccc1O. The molecule has 4 N–H and O–H groups in total. The van der Waals surface area contributed by atoms with Gasteiger partial charge in [0.05, 0.1) is 13.2 Å². The number of benzene rings is 3. The standard InChI is InChI=1S/C30H28BrFN4O3/c1-39-29-14-12-21(31)16-19(29)11-13-22-24(32)8-4-9-26(22)35-30(38)36-27(23-7-2-3-10-28(23)37)17-25(33)20-6-5-15-34-18-20/h2-10,12,14-16,18,27,33,37H,11,13,17H2,1H3,(H2,35,36,38). The molecule has 4 aromatic rings. The lowest BCUT2D eigenvalue weighted by molar-refractivity contribution is 0.248. The monoisotopic (exact) mass is 590 g/mol. The Morgan fingerprint density at radius 1 is 1.10 bits per heavy atom. The zero-order valence-corrected chi connectivity index (χ0v) is 22.8. The summed E-state index contributed by atoms with van der Waals surface area (Å²) in [6, 6.07) is 19.0. The first kappa shape index (κ1) is 27.8. The summed E-state index contributed by atoms with van der Waals surface area (Å²) in [6.45, 7) is 0. The van der Waals surface area contributed by atoms with Gasteiger partial charge in [-0.1, -0.05) is 46.3 Å². The Morgan fingerprint density at radius 3 is 2.67 bits per heavy atom. The number of amides is 2. The van der Waals surface area contributed by atoms with Crippen LogP contribution in [0.15, 0.2) is 89.7 Å². The number of halogens is 2. The third-order valence-corrected chi connectivity index (χ3v) is 6.78. The molecule has 0 saturated carbocycles. The lowest BCUT2D eigenvalue weighted by atomic mass is 9.97. The Morgan fingerprint density at radius 2 is 1.92 bits per heavy atom. The molecule has 0 aliphatic heterocycles. The summed E-state index contributed by atoms with van der Waals surface area (Å²) in [6.07, 6.45) is 4.11. The maximum Gasteiger partial charge on any atom is 0.319 e. The Labute approximate surface area is 234 Å². The summed E-state index contributed by atoms with van der Waals surface area (Å²) < 4.78 is 21.2. The van der Waals surface area contributed by atoms with Gasteiger partial charge in [-0.05, 0) is 60.9 Å². The van der Waals surface area contributed by atoms with Crippen molar-refractivity contribution in [3.63, 3.8) is 0 Å². The molecule has 0 aliphatic carbocycles. The van der Waals surface area contributed by atoms with E-state index >= 15 is 0 Å². The van der Waals surface area contributed by atoms with Crippen LogP contribution in [0.4, 0.5) is 14.9 Å². The zero-order valence-electron chi connectivity index (χ0n) is 21.2. The lowest BCUT2D eigenvalue weighted by Gasteiger charge is -2.22. The number of para-hydroxylation sites is 1. The quantitative estimate of drug-likeness (QED) is 0.152. The molecule has 0 aliphatic rings. The van der Waals surface area contributed by atoms with Gasteiger partial charge < -0.3 is 25.9 Å².